The summed E-state index contributed by atoms with van der Waals surface area (Å²) in [5.41, 5.74) is 0.911. The summed E-state index contributed by atoms with van der Waals surface area (Å²) >= 11 is 5.59. The van der Waals surface area contributed by atoms with E-state index in [1.807, 2.05) is 6.07 Å². The minimum absolute atomic E-state index is 0.0983. The van der Waals surface area contributed by atoms with Crippen molar-refractivity contribution in [2.24, 2.45) is 0 Å². The van der Waals surface area contributed by atoms with E-state index >= 15 is 0 Å². The van der Waals surface area contributed by atoms with Crippen molar-refractivity contribution in [3.05, 3.63) is 28.8 Å². The van der Waals surface area contributed by atoms with Gasteiger partial charge in [-0.1, -0.05) is 17.7 Å². The maximum atomic E-state index is 9.14. The van der Waals surface area contributed by atoms with Gasteiger partial charge in [0.25, 0.3) is 0 Å². The molecule has 0 saturated heterocycles. The van der Waals surface area contributed by atoms with Gasteiger partial charge >= 0.3 is 0 Å². The van der Waals surface area contributed by atoms with Crippen LogP contribution < -0.4 is 0 Å². The van der Waals surface area contributed by atoms with Gasteiger partial charge in [0.15, 0.2) is 0 Å². The number of benzene rings is 1. The molecule has 0 saturated carbocycles. The maximum Gasteiger partial charge on any atom is 0.134 e. The summed E-state index contributed by atoms with van der Waals surface area (Å²) in [7, 11) is 1.60. The zero-order chi connectivity index (χ0) is 8.27. The smallest absolute Gasteiger partial charge is 0.134 e. The lowest BCUT2D eigenvalue weighted by atomic mass is 10.2. The summed E-state index contributed by atoms with van der Waals surface area (Å²) in [6.45, 7) is 0.491. The quantitative estimate of drug-likeness (QED) is 0.741. The molecule has 1 aromatic carbocycles. The van der Waals surface area contributed by atoms with Gasteiger partial charge in [0.05, 0.1) is 11.6 Å². The van der Waals surface area contributed by atoms with Gasteiger partial charge in [-0.05, 0) is 17.7 Å². The molecule has 0 aromatic heterocycles. The third-order valence-corrected chi connectivity index (χ3v) is 1.64. The van der Waals surface area contributed by atoms with Gasteiger partial charge in [-0.25, -0.2) is 0 Å². The number of aromatic hydroxyl groups is 1. The number of methoxy groups -OCH3 is 1. The summed E-state index contributed by atoms with van der Waals surface area (Å²) in [5.74, 6) is 0.0983. The van der Waals surface area contributed by atoms with Crippen molar-refractivity contribution in [1.29, 1.82) is 0 Å². The van der Waals surface area contributed by atoms with E-state index in [1.54, 1.807) is 19.2 Å². The lowest BCUT2D eigenvalue weighted by Gasteiger charge is -2.00. The Morgan fingerprint density at radius 1 is 1.55 bits per heavy atom. The van der Waals surface area contributed by atoms with Crippen LogP contribution in [0.2, 0.25) is 5.02 Å². The Bertz CT molecular complexity index is 248. The highest BCUT2D eigenvalue weighted by molar-refractivity contribution is 6.31. The summed E-state index contributed by atoms with van der Waals surface area (Å²) in [6.07, 6.45) is 0. The molecule has 0 aliphatic carbocycles. The monoisotopic (exact) mass is 172 g/mol. The highest BCUT2D eigenvalue weighted by Crippen LogP contribution is 2.23. The molecule has 1 N–H and O–H groups in total. The van der Waals surface area contributed by atoms with Crippen LogP contribution in [-0.2, 0) is 11.3 Å². The number of hydrogen-bond donors (Lipinski definition) is 1. The van der Waals surface area contributed by atoms with Gasteiger partial charge in [0.2, 0.25) is 0 Å². The molecule has 0 aliphatic heterocycles. The molecule has 0 unspecified atom stereocenters. The zero-order valence-electron chi connectivity index (χ0n) is 6.17. The fraction of sp³-hybridized carbons (Fsp3) is 0.250. The molecular weight excluding hydrogens is 164 g/mol. The molecule has 1 rings (SSSR count). The van der Waals surface area contributed by atoms with Crippen molar-refractivity contribution in [3.63, 3.8) is 0 Å². The Labute approximate surface area is 70.4 Å². The normalized spacial score (nSPS) is 10.0. The lowest BCUT2D eigenvalue weighted by Crippen LogP contribution is -1.85. The van der Waals surface area contributed by atoms with Crippen LogP contribution in [0.4, 0.5) is 0 Å². The van der Waals surface area contributed by atoms with E-state index in [9.17, 15) is 0 Å². The first kappa shape index (κ1) is 8.37. The second-order valence-electron chi connectivity index (χ2n) is 2.22. The molecule has 60 valence electrons. The first-order valence-corrected chi connectivity index (χ1v) is 3.58. The molecule has 3 heteroatoms. The van der Waals surface area contributed by atoms with Crippen LogP contribution in [0, 0.1) is 0 Å². The third-order valence-electron chi connectivity index (χ3n) is 1.32. The second-order valence-corrected chi connectivity index (χ2v) is 2.63. The molecular formula is C8H9ClO2. The SMILES string of the molecule is COCc1ccc(Cl)c(O)c1. The van der Waals surface area contributed by atoms with Crippen LogP contribution in [0.1, 0.15) is 5.56 Å². The molecule has 0 amide bonds. The molecule has 0 bridgehead atoms. The fourth-order valence-corrected chi connectivity index (χ4v) is 0.932. The minimum Gasteiger partial charge on any atom is -0.506 e. The van der Waals surface area contributed by atoms with Gasteiger partial charge in [-0.2, -0.15) is 0 Å². The molecule has 0 heterocycles. The van der Waals surface area contributed by atoms with Gasteiger partial charge in [-0.3, -0.25) is 0 Å². The van der Waals surface area contributed by atoms with E-state index in [4.69, 9.17) is 21.4 Å². The van der Waals surface area contributed by atoms with Crippen molar-refractivity contribution in [2.75, 3.05) is 7.11 Å². The van der Waals surface area contributed by atoms with E-state index in [-0.39, 0.29) is 5.75 Å². The topological polar surface area (TPSA) is 29.5 Å². The van der Waals surface area contributed by atoms with Crippen LogP contribution in [0.3, 0.4) is 0 Å². The molecule has 1 aromatic rings. The maximum absolute atomic E-state index is 9.14. The number of phenolic OH excluding ortho intramolecular Hbond substituents is 1. The van der Waals surface area contributed by atoms with Crippen LogP contribution in [0.15, 0.2) is 18.2 Å². The molecule has 2 nitrogen and oxygen atoms in total. The van der Waals surface area contributed by atoms with Crippen molar-refractivity contribution >= 4 is 11.6 Å². The summed E-state index contributed by atoms with van der Waals surface area (Å²) in [4.78, 5) is 0. The summed E-state index contributed by atoms with van der Waals surface area (Å²) < 4.78 is 4.87. The number of phenols is 1. The van der Waals surface area contributed by atoms with E-state index < -0.39 is 0 Å². The van der Waals surface area contributed by atoms with Crippen LogP contribution in [0.5, 0.6) is 5.75 Å². The molecule has 0 radical (unpaired) electrons. The predicted molar refractivity (Wildman–Crippen MR) is 43.8 cm³/mol. The van der Waals surface area contributed by atoms with Gasteiger partial charge in [0, 0.05) is 7.11 Å². The number of hydrogen-bond acceptors (Lipinski definition) is 2. The highest BCUT2D eigenvalue weighted by atomic mass is 35.5. The minimum atomic E-state index is 0.0983. The second kappa shape index (κ2) is 3.60. The van der Waals surface area contributed by atoms with E-state index in [2.05, 4.69) is 0 Å². The van der Waals surface area contributed by atoms with Crippen molar-refractivity contribution in [2.45, 2.75) is 6.61 Å². The zero-order valence-corrected chi connectivity index (χ0v) is 6.93. The largest absolute Gasteiger partial charge is 0.506 e. The number of rotatable bonds is 2. The Morgan fingerprint density at radius 3 is 2.82 bits per heavy atom. The number of ether oxygens (including phenoxy) is 1. The first-order valence-electron chi connectivity index (χ1n) is 3.20. The molecule has 11 heavy (non-hydrogen) atoms. The van der Waals surface area contributed by atoms with Gasteiger partial charge in [0.1, 0.15) is 5.75 Å². The lowest BCUT2D eigenvalue weighted by molar-refractivity contribution is 0.184. The standard InChI is InChI=1S/C8H9ClO2/c1-11-5-6-2-3-7(9)8(10)4-6/h2-4,10H,5H2,1H3. The Morgan fingerprint density at radius 2 is 2.27 bits per heavy atom. The van der Waals surface area contributed by atoms with Crippen LogP contribution in [0.25, 0.3) is 0 Å². The van der Waals surface area contributed by atoms with Crippen LogP contribution in [-0.4, -0.2) is 12.2 Å². The summed E-state index contributed by atoms with van der Waals surface area (Å²) in [6, 6.07) is 5.04. The first-order chi connectivity index (χ1) is 5.24. The fourth-order valence-electron chi connectivity index (χ4n) is 0.815. The average Bonchev–Trinajstić information content (AvgIpc) is 1.98. The predicted octanol–water partition coefficient (Wildman–Crippen LogP) is 2.19. The third kappa shape index (κ3) is 2.10. The molecule has 0 spiro atoms. The van der Waals surface area contributed by atoms with E-state index in [1.165, 1.54) is 0 Å². The number of halogens is 1. The highest BCUT2D eigenvalue weighted by Gasteiger charge is 1.98. The Balaban J connectivity index is 2.86. The Kier molecular flexibility index (Phi) is 2.74. The van der Waals surface area contributed by atoms with Crippen molar-refractivity contribution in [3.8, 4) is 5.75 Å². The van der Waals surface area contributed by atoms with Crippen molar-refractivity contribution in [1.82, 2.24) is 0 Å². The Hall–Kier alpha value is -0.730. The molecule has 0 atom stereocenters. The van der Waals surface area contributed by atoms with Gasteiger partial charge in [-0.15, -0.1) is 0 Å². The van der Waals surface area contributed by atoms with E-state index in [0.29, 0.717) is 11.6 Å². The van der Waals surface area contributed by atoms with E-state index in [0.717, 1.165) is 5.56 Å². The molecule has 0 aliphatic rings. The van der Waals surface area contributed by atoms with Gasteiger partial charge < -0.3 is 9.84 Å². The van der Waals surface area contributed by atoms with Crippen LogP contribution >= 0.6 is 11.6 Å². The van der Waals surface area contributed by atoms with Crippen molar-refractivity contribution < 1.29 is 9.84 Å². The average molecular weight is 173 g/mol. The molecule has 0 fully saturated rings. The summed E-state index contributed by atoms with van der Waals surface area (Å²) in [5, 5.41) is 9.50.